The van der Waals surface area contributed by atoms with Crippen LogP contribution in [-0.4, -0.2) is 12.1 Å². The summed E-state index contributed by atoms with van der Waals surface area (Å²) in [6, 6.07) is 36.1. The van der Waals surface area contributed by atoms with Gasteiger partial charge in [-0.1, -0.05) is 109 Å². The Balaban J connectivity index is 1.27. The molecule has 4 aromatic rings. The average Bonchev–Trinajstić information content (AvgIpc) is 3.49. The average molecular weight is 489 g/mol. The van der Waals surface area contributed by atoms with E-state index in [2.05, 4.69) is 155 Å². The molecule has 0 saturated heterocycles. The molecular weight excluding hydrogens is 460 g/mol. The minimum Gasteiger partial charge on any atom is -0.333 e. The first-order valence-electron chi connectivity index (χ1n) is 13.5. The van der Waals surface area contributed by atoms with E-state index in [4.69, 9.17) is 0 Å². The van der Waals surface area contributed by atoms with Gasteiger partial charge in [0.15, 0.2) is 0 Å². The quantitative estimate of drug-likeness (QED) is 0.284. The van der Waals surface area contributed by atoms with Crippen LogP contribution in [-0.2, 0) is 0 Å². The molecule has 0 bridgehead atoms. The van der Waals surface area contributed by atoms with Gasteiger partial charge in [0.25, 0.3) is 0 Å². The molecule has 0 amide bonds. The van der Waals surface area contributed by atoms with E-state index in [-0.39, 0.29) is 6.04 Å². The number of hydrogen-bond donors (Lipinski definition) is 0. The van der Waals surface area contributed by atoms with E-state index in [0.717, 1.165) is 0 Å². The van der Waals surface area contributed by atoms with Gasteiger partial charge in [-0.25, -0.2) is 0 Å². The first-order valence-corrected chi connectivity index (χ1v) is 13.5. The van der Waals surface area contributed by atoms with Crippen LogP contribution in [0.2, 0.25) is 0 Å². The Morgan fingerprint density at radius 1 is 0.421 bits per heavy atom. The van der Waals surface area contributed by atoms with Crippen molar-refractivity contribution in [3.63, 3.8) is 0 Å². The predicted molar refractivity (Wildman–Crippen MR) is 159 cm³/mol. The third-order valence-electron chi connectivity index (χ3n) is 8.51. The number of para-hydroxylation sites is 1. The van der Waals surface area contributed by atoms with Crippen molar-refractivity contribution in [3.8, 4) is 11.1 Å². The van der Waals surface area contributed by atoms with E-state index in [1.165, 1.54) is 45.0 Å². The van der Waals surface area contributed by atoms with E-state index in [0.29, 0.717) is 17.9 Å². The standard InChI is InChI=1S/C36H28N2/c1-3-11-25(12-4-1)26-19-21-28(22-20-26)38-34-18-10-8-16-30(34)32-23-35-31(24-36(32)38)29-15-7-9-17-33(29)37(35)27-13-5-2-6-14-27/h1-24,29-30,33-34H. The van der Waals surface area contributed by atoms with Gasteiger partial charge in [-0.2, -0.15) is 0 Å². The molecule has 38 heavy (non-hydrogen) atoms. The molecular formula is C36H28N2. The van der Waals surface area contributed by atoms with Gasteiger partial charge in [0, 0.05) is 34.6 Å². The van der Waals surface area contributed by atoms with Crippen molar-refractivity contribution in [2.45, 2.75) is 23.9 Å². The molecule has 4 unspecified atom stereocenters. The normalized spacial score (nSPS) is 23.8. The second-order valence-electron chi connectivity index (χ2n) is 10.5. The third kappa shape index (κ3) is 3.20. The Bertz CT molecular complexity index is 1630. The van der Waals surface area contributed by atoms with Gasteiger partial charge in [-0.15, -0.1) is 0 Å². The van der Waals surface area contributed by atoms with Crippen LogP contribution in [0.1, 0.15) is 23.0 Å². The summed E-state index contributed by atoms with van der Waals surface area (Å²) in [6.07, 6.45) is 18.3. The highest BCUT2D eigenvalue weighted by atomic mass is 15.2. The van der Waals surface area contributed by atoms with E-state index in [1.807, 2.05) is 0 Å². The Morgan fingerprint density at radius 3 is 1.42 bits per heavy atom. The van der Waals surface area contributed by atoms with Crippen LogP contribution in [0.4, 0.5) is 22.7 Å². The van der Waals surface area contributed by atoms with Crippen molar-refractivity contribution in [2.75, 3.05) is 9.80 Å². The Labute approximate surface area is 224 Å². The highest BCUT2D eigenvalue weighted by Gasteiger charge is 2.43. The molecule has 0 saturated carbocycles. The molecule has 2 heteroatoms. The Morgan fingerprint density at radius 2 is 0.868 bits per heavy atom. The SMILES string of the molecule is C1=CC2c3cc4c(cc3N(c3ccccc3)C2C=C1)C1C=CC=CC1N4c1ccc(-c2ccccc2)cc1. The summed E-state index contributed by atoms with van der Waals surface area (Å²) in [6.45, 7) is 0. The number of nitrogens with zero attached hydrogens (tertiary/aromatic N) is 2. The fourth-order valence-electron chi connectivity index (χ4n) is 6.80. The summed E-state index contributed by atoms with van der Waals surface area (Å²) in [5, 5.41) is 0. The Kier molecular flexibility index (Phi) is 4.81. The number of anilines is 4. The molecule has 0 fully saturated rings. The highest BCUT2D eigenvalue weighted by Crippen LogP contribution is 2.55. The molecule has 2 heterocycles. The number of hydrogen-bond acceptors (Lipinski definition) is 2. The maximum Gasteiger partial charge on any atom is 0.0629 e. The minimum absolute atomic E-state index is 0.280. The summed E-state index contributed by atoms with van der Waals surface area (Å²) in [5.41, 5.74) is 10.5. The van der Waals surface area contributed by atoms with Crippen LogP contribution in [0.15, 0.2) is 146 Å². The van der Waals surface area contributed by atoms with Gasteiger partial charge in [0.1, 0.15) is 0 Å². The van der Waals surface area contributed by atoms with Crippen LogP contribution >= 0.6 is 0 Å². The topological polar surface area (TPSA) is 6.48 Å². The molecule has 2 aliphatic carbocycles. The summed E-state index contributed by atoms with van der Waals surface area (Å²) < 4.78 is 0. The van der Waals surface area contributed by atoms with Crippen LogP contribution in [0.5, 0.6) is 0 Å². The van der Waals surface area contributed by atoms with E-state index >= 15 is 0 Å². The molecule has 8 rings (SSSR count). The van der Waals surface area contributed by atoms with Crippen LogP contribution in [0.3, 0.4) is 0 Å². The lowest BCUT2D eigenvalue weighted by Crippen LogP contribution is -2.29. The van der Waals surface area contributed by atoms with E-state index in [1.54, 1.807) is 0 Å². The van der Waals surface area contributed by atoms with E-state index < -0.39 is 0 Å². The van der Waals surface area contributed by atoms with Crippen molar-refractivity contribution in [1.29, 1.82) is 0 Å². The molecule has 2 aliphatic heterocycles. The van der Waals surface area contributed by atoms with E-state index in [9.17, 15) is 0 Å². The maximum absolute atomic E-state index is 2.55. The second-order valence-corrected chi connectivity index (χ2v) is 10.5. The van der Waals surface area contributed by atoms with Crippen molar-refractivity contribution in [1.82, 2.24) is 0 Å². The fourth-order valence-corrected chi connectivity index (χ4v) is 6.80. The van der Waals surface area contributed by atoms with Crippen LogP contribution in [0.25, 0.3) is 11.1 Å². The summed E-state index contributed by atoms with van der Waals surface area (Å²) in [5.74, 6) is 0.678. The summed E-state index contributed by atoms with van der Waals surface area (Å²) >= 11 is 0. The number of fused-ring (bicyclic) bond motifs is 6. The van der Waals surface area contributed by atoms with Gasteiger partial charge in [-0.05, 0) is 58.7 Å². The molecule has 0 aromatic heterocycles. The van der Waals surface area contributed by atoms with Crippen molar-refractivity contribution >= 4 is 22.7 Å². The molecule has 4 aromatic carbocycles. The first-order chi connectivity index (χ1) is 18.9. The van der Waals surface area contributed by atoms with Gasteiger partial charge < -0.3 is 9.80 Å². The van der Waals surface area contributed by atoms with Crippen molar-refractivity contribution < 1.29 is 0 Å². The minimum atomic E-state index is 0.280. The predicted octanol–water partition coefficient (Wildman–Crippen LogP) is 8.81. The monoisotopic (exact) mass is 488 g/mol. The highest BCUT2D eigenvalue weighted by molar-refractivity contribution is 5.84. The number of allylic oxidation sites excluding steroid dienone is 4. The largest absolute Gasteiger partial charge is 0.333 e. The maximum atomic E-state index is 2.55. The van der Waals surface area contributed by atoms with Gasteiger partial charge in [0.2, 0.25) is 0 Å². The molecule has 0 radical (unpaired) electrons. The van der Waals surface area contributed by atoms with Crippen molar-refractivity contribution in [2.24, 2.45) is 0 Å². The fraction of sp³-hybridized carbons (Fsp3) is 0.111. The molecule has 182 valence electrons. The first kappa shape index (κ1) is 21.5. The zero-order chi connectivity index (χ0) is 25.1. The Hall–Kier alpha value is -4.56. The molecule has 4 atom stereocenters. The van der Waals surface area contributed by atoms with Crippen LogP contribution in [0, 0.1) is 0 Å². The zero-order valence-electron chi connectivity index (χ0n) is 21.1. The summed E-state index contributed by atoms with van der Waals surface area (Å²) in [4.78, 5) is 5.09. The van der Waals surface area contributed by atoms with Crippen molar-refractivity contribution in [3.05, 3.63) is 157 Å². The lowest BCUT2D eigenvalue weighted by atomic mass is 9.88. The second kappa shape index (κ2) is 8.49. The van der Waals surface area contributed by atoms with Gasteiger partial charge in [0.05, 0.1) is 12.1 Å². The van der Waals surface area contributed by atoms with Gasteiger partial charge >= 0.3 is 0 Å². The summed E-state index contributed by atoms with van der Waals surface area (Å²) in [7, 11) is 0. The van der Waals surface area contributed by atoms with Crippen LogP contribution < -0.4 is 9.80 Å². The molecule has 0 N–H and O–H groups in total. The molecule has 4 aliphatic rings. The zero-order valence-corrected chi connectivity index (χ0v) is 21.1. The number of benzene rings is 4. The van der Waals surface area contributed by atoms with Gasteiger partial charge in [-0.3, -0.25) is 0 Å². The smallest absolute Gasteiger partial charge is 0.0629 e. The lowest BCUT2D eigenvalue weighted by molar-refractivity contribution is 0.737. The molecule has 2 nitrogen and oxygen atoms in total. The number of rotatable bonds is 3. The third-order valence-corrected chi connectivity index (χ3v) is 8.51. The lowest BCUT2D eigenvalue weighted by Gasteiger charge is -2.29. The molecule has 0 spiro atoms.